The maximum atomic E-state index is 9.23. The normalized spacial score (nSPS) is 16.2. The van der Waals surface area contributed by atoms with Crippen LogP contribution in [0, 0.1) is 5.92 Å². The first-order valence-electron chi connectivity index (χ1n) is 7.73. The van der Waals surface area contributed by atoms with Gasteiger partial charge in [-0.3, -0.25) is 0 Å². The van der Waals surface area contributed by atoms with Crippen LogP contribution in [-0.2, 0) is 11.3 Å². The Morgan fingerprint density at radius 3 is 2.76 bits per heavy atom. The van der Waals surface area contributed by atoms with Crippen LogP contribution in [0.15, 0.2) is 6.07 Å². The predicted molar refractivity (Wildman–Crippen MR) is 83.5 cm³/mol. The van der Waals surface area contributed by atoms with Crippen LogP contribution in [0.5, 0.6) is 0 Å². The maximum absolute atomic E-state index is 9.23. The zero-order valence-corrected chi connectivity index (χ0v) is 13.0. The van der Waals surface area contributed by atoms with E-state index in [9.17, 15) is 5.11 Å². The maximum Gasteiger partial charge on any atom is 0.158 e. The van der Waals surface area contributed by atoms with Crippen LogP contribution in [-0.4, -0.2) is 48.4 Å². The molecule has 1 saturated heterocycles. The number of ether oxygens (including phenoxy) is 1. The molecule has 0 saturated carbocycles. The standard InChI is InChI=1S/C15H26N4O2/c1-3-6-16-13-9-15(18-14(17-13)11-21-2)19-7-4-12(10-20)5-8-19/h9,12,20H,3-8,10-11H2,1-2H3,(H,16,17,18). The highest BCUT2D eigenvalue weighted by molar-refractivity contribution is 5.49. The van der Waals surface area contributed by atoms with Gasteiger partial charge in [0.2, 0.25) is 0 Å². The van der Waals surface area contributed by atoms with Crippen LogP contribution < -0.4 is 10.2 Å². The largest absolute Gasteiger partial charge is 0.396 e. The third-order valence-electron chi connectivity index (χ3n) is 3.79. The van der Waals surface area contributed by atoms with Gasteiger partial charge in [0.05, 0.1) is 0 Å². The van der Waals surface area contributed by atoms with Crippen molar-refractivity contribution in [3.05, 3.63) is 11.9 Å². The quantitative estimate of drug-likeness (QED) is 0.797. The Bertz CT molecular complexity index is 434. The molecule has 0 bridgehead atoms. The molecule has 6 nitrogen and oxygen atoms in total. The summed E-state index contributed by atoms with van der Waals surface area (Å²) in [4.78, 5) is 11.3. The van der Waals surface area contributed by atoms with Gasteiger partial charge in [-0.1, -0.05) is 6.92 Å². The number of anilines is 2. The van der Waals surface area contributed by atoms with Crippen molar-refractivity contribution in [1.82, 2.24) is 9.97 Å². The molecular weight excluding hydrogens is 268 g/mol. The number of aliphatic hydroxyl groups is 1. The van der Waals surface area contributed by atoms with Crippen LogP contribution in [0.4, 0.5) is 11.6 Å². The number of piperidine rings is 1. The zero-order chi connectivity index (χ0) is 15.1. The second-order valence-electron chi connectivity index (χ2n) is 5.50. The molecule has 1 aliphatic heterocycles. The number of nitrogens with zero attached hydrogens (tertiary/aromatic N) is 3. The van der Waals surface area contributed by atoms with Crippen molar-refractivity contribution in [1.29, 1.82) is 0 Å². The summed E-state index contributed by atoms with van der Waals surface area (Å²) in [5.41, 5.74) is 0. The summed E-state index contributed by atoms with van der Waals surface area (Å²) < 4.78 is 5.16. The molecule has 1 aliphatic rings. The van der Waals surface area contributed by atoms with E-state index in [1.807, 2.05) is 6.07 Å². The summed E-state index contributed by atoms with van der Waals surface area (Å²) in [6, 6.07) is 2.01. The Hall–Kier alpha value is -1.40. The molecule has 0 amide bonds. The number of methoxy groups -OCH3 is 1. The van der Waals surface area contributed by atoms with E-state index in [0.717, 1.165) is 50.5 Å². The van der Waals surface area contributed by atoms with Gasteiger partial charge < -0.3 is 20.1 Å². The van der Waals surface area contributed by atoms with Gasteiger partial charge in [-0.15, -0.1) is 0 Å². The SMILES string of the molecule is CCCNc1cc(N2CCC(CO)CC2)nc(COC)n1. The lowest BCUT2D eigenvalue weighted by Crippen LogP contribution is -2.35. The molecule has 2 rings (SSSR count). The molecule has 1 fully saturated rings. The minimum absolute atomic E-state index is 0.288. The lowest BCUT2D eigenvalue weighted by molar-refractivity contribution is 0.178. The highest BCUT2D eigenvalue weighted by Crippen LogP contribution is 2.23. The number of hydrogen-bond donors (Lipinski definition) is 2. The van der Waals surface area contributed by atoms with Crippen molar-refractivity contribution in [2.24, 2.45) is 5.92 Å². The van der Waals surface area contributed by atoms with Crippen LogP contribution in [0.1, 0.15) is 32.0 Å². The Labute approximate surface area is 126 Å². The topological polar surface area (TPSA) is 70.5 Å². The number of aliphatic hydroxyl groups excluding tert-OH is 1. The minimum atomic E-state index is 0.288. The molecule has 2 N–H and O–H groups in total. The first-order chi connectivity index (χ1) is 10.3. The van der Waals surface area contributed by atoms with Gasteiger partial charge in [0.1, 0.15) is 18.2 Å². The fourth-order valence-electron chi connectivity index (χ4n) is 2.53. The zero-order valence-electron chi connectivity index (χ0n) is 13.0. The van der Waals surface area contributed by atoms with Crippen LogP contribution in [0.25, 0.3) is 0 Å². The van der Waals surface area contributed by atoms with Gasteiger partial charge in [0.25, 0.3) is 0 Å². The lowest BCUT2D eigenvalue weighted by Gasteiger charge is -2.32. The summed E-state index contributed by atoms with van der Waals surface area (Å²) in [6.45, 7) is 5.60. The van der Waals surface area contributed by atoms with Crippen molar-refractivity contribution >= 4 is 11.6 Å². The number of hydrogen-bond acceptors (Lipinski definition) is 6. The van der Waals surface area contributed by atoms with E-state index in [0.29, 0.717) is 18.3 Å². The molecule has 0 aromatic carbocycles. The smallest absolute Gasteiger partial charge is 0.158 e. The number of rotatable bonds is 7. The Kier molecular flexibility index (Phi) is 6.20. The van der Waals surface area contributed by atoms with Gasteiger partial charge >= 0.3 is 0 Å². The first kappa shape index (κ1) is 16.0. The summed E-state index contributed by atoms with van der Waals surface area (Å²) >= 11 is 0. The Morgan fingerprint density at radius 1 is 1.38 bits per heavy atom. The summed E-state index contributed by atoms with van der Waals surface area (Å²) in [5.74, 6) is 2.95. The van der Waals surface area contributed by atoms with E-state index in [2.05, 4.69) is 27.1 Å². The van der Waals surface area contributed by atoms with Crippen molar-refractivity contribution in [3.63, 3.8) is 0 Å². The third-order valence-corrected chi connectivity index (χ3v) is 3.79. The summed E-state index contributed by atoms with van der Waals surface area (Å²) in [6.07, 6.45) is 3.08. The average Bonchev–Trinajstić information content (AvgIpc) is 2.53. The van der Waals surface area contributed by atoms with Crippen molar-refractivity contribution in [2.75, 3.05) is 43.6 Å². The van der Waals surface area contributed by atoms with Crippen molar-refractivity contribution in [3.8, 4) is 0 Å². The predicted octanol–water partition coefficient (Wildman–Crippen LogP) is 1.65. The van der Waals surface area contributed by atoms with Crippen molar-refractivity contribution < 1.29 is 9.84 Å². The molecule has 0 atom stereocenters. The van der Waals surface area contributed by atoms with Gasteiger partial charge in [-0.25, -0.2) is 9.97 Å². The van der Waals surface area contributed by atoms with E-state index in [-0.39, 0.29) is 6.61 Å². The molecule has 1 aromatic heterocycles. The highest BCUT2D eigenvalue weighted by Gasteiger charge is 2.20. The molecule has 0 aliphatic carbocycles. The second kappa shape index (κ2) is 8.14. The van der Waals surface area contributed by atoms with E-state index < -0.39 is 0 Å². The fourth-order valence-corrected chi connectivity index (χ4v) is 2.53. The molecule has 118 valence electrons. The molecule has 2 heterocycles. The minimum Gasteiger partial charge on any atom is -0.396 e. The number of aromatic nitrogens is 2. The molecule has 1 aromatic rings. The van der Waals surface area contributed by atoms with Gasteiger partial charge in [0.15, 0.2) is 5.82 Å². The summed E-state index contributed by atoms with van der Waals surface area (Å²) in [5, 5.41) is 12.6. The van der Waals surface area contributed by atoms with Crippen LogP contribution >= 0.6 is 0 Å². The fraction of sp³-hybridized carbons (Fsp3) is 0.733. The Balaban J connectivity index is 2.11. The number of nitrogens with one attached hydrogen (secondary N) is 1. The molecule has 0 radical (unpaired) electrons. The summed E-state index contributed by atoms with van der Waals surface area (Å²) in [7, 11) is 1.65. The molecule has 0 unspecified atom stereocenters. The second-order valence-corrected chi connectivity index (χ2v) is 5.50. The van der Waals surface area contributed by atoms with E-state index in [1.165, 1.54) is 0 Å². The van der Waals surface area contributed by atoms with Gasteiger partial charge in [-0.2, -0.15) is 0 Å². The Morgan fingerprint density at radius 2 is 2.14 bits per heavy atom. The molecule has 6 heteroatoms. The molecular formula is C15H26N4O2. The molecule has 0 spiro atoms. The highest BCUT2D eigenvalue weighted by atomic mass is 16.5. The third kappa shape index (κ3) is 4.54. The van der Waals surface area contributed by atoms with Gasteiger partial charge in [-0.05, 0) is 25.2 Å². The molecule has 21 heavy (non-hydrogen) atoms. The average molecular weight is 294 g/mol. The van der Waals surface area contributed by atoms with E-state index >= 15 is 0 Å². The van der Waals surface area contributed by atoms with Crippen LogP contribution in [0.3, 0.4) is 0 Å². The monoisotopic (exact) mass is 294 g/mol. The van der Waals surface area contributed by atoms with Crippen LogP contribution in [0.2, 0.25) is 0 Å². The van der Waals surface area contributed by atoms with Gasteiger partial charge in [0, 0.05) is 39.4 Å². The first-order valence-corrected chi connectivity index (χ1v) is 7.73. The van der Waals surface area contributed by atoms with E-state index in [1.54, 1.807) is 7.11 Å². The van der Waals surface area contributed by atoms with Crippen molar-refractivity contribution in [2.45, 2.75) is 32.8 Å². The van der Waals surface area contributed by atoms with E-state index in [4.69, 9.17) is 4.74 Å². The lowest BCUT2D eigenvalue weighted by atomic mass is 9.98.